The van der Waals surface area contributed by atoms with Crippen LogP contribution in [0.2, 0.25) is 0 Å². The van der Waals surface area contributed by atoms with Crippen molar-refractivity contribution >= 4 is 45.4 Å². The summed E-state index contributed by atoms with van der Waals surface area (Å²) in [4.78, 5) is 45.3. The summed E-state index contributed by atoms with van der Waals surface area (Å²) < 4.78 is 9.09. The minimum atomic E-state index is -0.555. The second-order valence-electron chi connectivity index (χ2n) is 6.81. The highest BCUT2D eigenvalue weighted by molar-refractivity contribution is 6.21. The van der Waals surface area contributed by atoms with Crippen LogP contribution in [0.4, 0.5) is 0 Å². The second kappa shape index (κ2) is 6.63. The van der Waals surface area contributed by atoms with E-state index in [4.69, 9.17) is 0 Å². The molecular formula is C24H12O6. The Morgan fingerprint density at radius 2 is 0.967 bits per heavy atom. The van der Waals surface area contributed by atoms with Crippen molar-refractivity contribution in [1.82, 2.24) is 0 Å². The fourth-order valence-corrected chi connectivity index (χ4v) is 3.62. The predicted molar refractivity (Wildman–Crippen MR) is 107 cm³/mol. The lowest BCUT2D eigenvalue weighted by atomic mass is 10.0. The largest absolute Gasteiger partial charge is 0.386 e. The van der Waals surface area contributed by atoms with E-state index in [0.717, 1.165) is 21.5 Å². The quantitative estimate of drug-likeness (QED) is 0.325. The van der Waals surface area contributed by atoms with Crippen molar-refractivity contribution in [2.24, 2.45) is 0 Å². The Hall–Kier alpha value is -4.32. The van der Waals surface area contributed by atoms with Gasteiger partial charge in [0.05, 0.1) is 22.3 Å². The normalized spacial score (nSPS) is 14.1. The van der Waals surface area contributed by atoms with E-state index >= 15 is 0 Å². The van der Waals surface area contributed by atoms with Gasteiger partial charge in [0.1, 0.15) is 0 Å². The number of carbonyl (C=O) groups is 4. The van der Waals surface area contributed by atoms with Crippen LogP contribution in [-0.2, 0) is 9.47 Å². The summed E-state index contributed by atoms with van der Waals surface area (Å²) in [5, 5.41) is 3.57. The van der Waals surface area contributed by atoms with Gasteiger partial charge < -0.3 is 9.47 Å². The van der Waals surface area contributed by atoms with E-state index in [1.807, 2.05) is 54.6 Å². The molecule has 0 aliphatic carbocycles. The zero-order chi connectivity index (χ0) is 20.8. The van der Waals surface area contributed by atoms with Gasteiger partial charge in [-0.15, -0.1) is 0 Å². The lowest BCUT2D eigenvalue weighted by Gasteiger charge is -1.99. The van der Waals surface area contributed by atoms with E-state index in [0.29, 0.717) is 22.3 Å². The number of cyclic esters (lactones) is 4. The molecule has 0 aromatic heterocycles. The van der Waals surface area contributed by atoms with Crippen LogP contribution in [0.15, 0.2) is 72.8 Å². The van der Waals surface area contributed by atoms with Crippen molar-refractivity contribution in [2.75, 3.05) is 0 Å². The first-order chi connectivity index (χ1) is 14.5. The Morgan fingerprint density at radius 1 is 0.467 bits per heavy atom. The van der Waals surface area contributed by atoms with Gasteiger partial charge >= 0.3 is 23.9 Å². The molecule has 6 rings (SSSR count). The summed E-state index contributed by atoms with van der Waals surface area (Å²) in [5.74, 6) is -2.21. The van der Waals surface area contributed by atoms with Gasteiger partial charge in [-0.25, -0.2) is 19.2 Å². The lowest BCUT2D eigenvalue weighted by molar-refractivity contribution is 0.0426. The Balaban J connectivity index is 0.000000128. The van der Waals surface area contributed by atoms with Crippen molar-refractivity contribution < 1.29 is 28.7 Å². The molecule has 0 amide bonds. The monoisotopic (exact) mass is 396 g/mol. The Morgan fingerprint density at radius 3 is 1.60 bits per heavy atom. The standard InChI is InChI=1S/2C12H6O3/c13-11-9-5-7-3-1-2-4-8(7)6-10(9)12(14)15-11;13-11-9-6-5-7-3-1-2-4-8(7)10(9)12(14)15-11/h2*1-6H. The van der Waals surface area contributed by atoms with E-state index < -0.39 is 23.9 Å². The van der Waals surface area contributed by atoms with Crippen LogP contribution in [0.1, 0.15) is 41.4 Å². The van der Waals surface area contributed by atoms with E-state index in [2.05, 4.69) is 9.47 Å². The third kappa shape index (κ3) is 2.74. The molecule has 0 unspecified atom stereocenters. The molecule has 4 aromatic rings. The minimum absolute atomic E-state index is 0.360. The van der Waals surface area contributed by atoms with Crippen LogP contribution < -0.4 is 0 Å². The van der Waals surface area contributed by atoms with Gasteiger partial charge in [0.2, 0.25) is 0 Å². The van der Waals surface area contributed by atoms with E-state index in [1.165, 1.54) is 0 Å². The van der Waals surface area contributed by atoms with Crippen LogP contribution in [-0.4, -0.2) is 23.9 Å². The molecule has 6 heteroatoms. The van der Waals surface area contributed by atoms with Crippen LogP contribution in [0.25, 0.3) is 21.5 Å². The van der Waals surface area contributed by atoms with Crippen molar-refractivity contribution in [2.45, 2.75) is 0 Å². The first kappa shape index (κ1) is 17.8. The molecule has 30 heavy (non-hydrogen) atoms. The van der Waals surface area contributed by atoms with Gasteiger partial charge in [0, 0.05) is 0 Å². The molecule has 4 aromatic carbocycles. The van der Waals surface area contributed by atoms with Crippen LogP contribution >= 0.6 is 0 Å². The molecule has 0 atom stereocenters. The molecule has 2 aliphatic heterocycles. The average Bonchev–Trinajstić information content (AvgIpc) is 3.21. The molecule has 0 N–H and O–H groups in total. The maximum absolute atomic E-state index is 11.4. The van der Waals surface area contributed by atoms with Gasteiger partial charge in [0.25, 0.3) is 0 Å². The molecule has 0 radical (unpaired) electrons. The van der Waals surface area contributed by atoms with Crippen molar-refractivity contribution in [3.05, 3.63) is 95.1 Å². The number of hydrogen-bond donors (Lipinski definition) is 0. The summed E-state index contributed by atoms with van der Waals surface area (Å²) in [6, 6.07) is 21.8. The van der Waals surface area contributed by atoms with Gasteiger partial charge in [0.15, 0.2) is 0 Å². The number of fused-ring (bicyclic) bond motifs is 5. The van der Waals surface area contributed by atoms with Crippen LogP contribution in [0.5, 0.6) is 0 Å². The topological polar surface area (TPSA) is 86.7 Å². The zero-order valence-electron chi connectivity index (χ0n) is 15.4. The second-order valence-corrected chi connectivity index (χ2v) is 6.81. The fourth-order valence-electron chi connectivity index (χ4n) is 3.62. The molecule has 144 valence electrons. The van der Waals surface area contributed by atoms with E-state index in [1.54, 1.807) is 18.2 Å². The maximum Gasteiger partial charge on any atom is 0.347 e. The summed E-state index contributed by atoms with van der Waals surface area (Å²) in [5.41, 5.74) is 1.47. The predicted octanol–water partition coefficient (Wildman–Crippen LogP) is 4.30. The Bertz CT molecular complexity index is 1350. The van der Waals surface area contributed by atoms with Crippen molar-refractivity contribution in [3.63, 3.8) is 0 Å². The molecule has 0 saturated carbocycles. The van der Waals surface area contributed by atoms with Crippen molar-refractivity contribution in [1.29, 1.82) is 0 Å². The first-order valence-corrected chi connectivity index (χ1v) is 9.10. The van der Waals surface area contributed by atoms with Gasteiger partial charge in [-0.05, 0) is 39.7 Å². The first-order valence-electron chi connectivity index (χ1n) is 9.10. The lowest BCUT2D eigenvalue weighted by Crippen LogP contribution is -1.97. The third-order valence-corrected chi connectivity index (χ3v) is 5.05. The van der Waals surface area contributed by atoms with Crippen LogP contribution in [0, 0.1) is 0 Å². The summed E-state index contributed by atoms with van der Waals surface area (Å²) >= 11 is 0. The highest BCUT2D eigenvalue weighted by Crippen LogP contribution is 2.28. The molecule has 6 nitrogen and oxygen atoms in total. The summed E-state index contributed by atoms with van der Waals surface area (Å²) in [6.45, 7) is 0. The molecule has 0 saturated heterocycles. The van der Waals surface area contributed by atoms with E-state index in [-0.39, 0.29) is 0 Å². The van der Waals surface area contributed by atoms with Crippen LogP contribution in [0.3, 0.4) is 0 Å². The molecule has 0 fully saturated rings. The number of carbonyl (C=O) groups excluding carboxylic acids is 4. The van der Waals surface area contributed by atoms with Crippen molar-refractivity contribution in [3.8, 4) is 0 Å². The minimum Gasteiger partial charge on any atom is -0.386 e. The summed E-state index contributed by atoms with van der Waals surface area (Å²) in [7, 11) is 0. The smallest absolute Gasteiger partial charge is 0.347 e. The fraction of sp³-hybridized carbons (Fsp3) is 0. The maximum atomic E-state index is 11.4. The zero-order valence-corrected chi connectivity index (χ0v) is 15.4. The number of benzene rings is 4. The number of hydrogen-bond acceptors (Lipinski definition) is 6. The molecule has 0 spiro atoms. The Labute approximate surface area is 169 Å². The average molecular weight is 396 g/mol. The number of ether oxygens (including phenoxy) is 2. The third-order valence-electron chi connectivity index (χ3n) is 5.05. The van der Waals surface area contributed by atoms with E-state index in [9.17, 15) is 19.2 Å². The molecule has 2 heterocycles. The highest BCUT2D eigenvalue weighted by atomic mass is 16.6. The highest BCUT2D eigenvalue weighted by Gasteiger charge is 2.31. The van der Waals surface area contributed by atoms with Gasteiger partial charge in [-0.2, -0.15) is 0 Å². The molecule has 0 bridgehead atoms. The van der Waals surface area contributed by atoms with Gasteiger partial charge in [-0.3, -0.25) is 0 Å². The molecule has 2 aliphatic rings. The SMILES string of the molecule is O=C1OC(=O)c2c1ccc1ccccc21.O=C1OC(=O)c2cc3ccccc3cc21. The summed E-state index contributed by atoms with van der Waals surface area (Å²) in [6.07, 6.45) is 0. The molecular weight excluding hydrogens is 384 g/mol. The van der Waals surface area contributed by atoms with Gasteiger partial charge in [-0.1, -0.05) is 54.6 Å². The Kier molecular flexibility index (Phi) is 3.93. The number of rotatable bonds is 0. The number of esters is 4.